The Hall–Kier alpha value is -1.72. The van der Waals surface area contributed by atoms with Crippen molar-refractivity contribution in [2.75, 3.05) is 7.05 Å². The van der Waals surface area contributed by atoms with Crippen molar-refractivity contribution in [3.8, 4) is 5.75 Å². The molecule has 1 amide bonds. The zero-order valence-corrected chi connectivity index (χ0v) is 7.71. The van der Waals surface area contributed by atoms with Gasteiger partial charge in [-0.2, -0.15) is 0 Å². The fourth-order valence-electron chi connectivity index (χ4n) is 0.928. The van der Waals surface area contributed by atoms with Crippen LogP contribution in [0.5, 0.6) is 5.75 Å². The van der Waals surface area contributed by atoms with Crippen LogP contribution >= 0.6 is 0 Å². The van der Waals surface area contributed by atoms with Gasteiger partial charge in [-0.25, -0.2) is 0 Å². The van der Waals surface area contributed by atoms with E-state index in [2.05, 4.69) is 10.1 Å². The predicted molar refractivity (Wildman–Crippen MR) is 45.5 cm³/mol. The zero-order chi connectivity index (χ0) is 11.5. The van der Waals surface area contributed by atoms with Gasteiger partial charge in [-0.15, -0.1) is 13.2 Å². The van der Waals surface area contributed by atoms with Crippen LogP contribution in [0.2, 0.25) is 0 Å². The molecule has 1 radical (unpaired) electrons. The van der Waals surface area contributed by atoms with E-state index in [1.54, 1.807) is 0 Å². The van der Waals surface area contributed by atoms with Gasteiger partial charge in [0.1, 0.15) is 5.75 Å². The second-order valence-corrected chi connectivity index (χ2v) is 2.60. The van der Waals surface area contributed by atoms with Gasteiger partial charge in [0.25, 0.3) is 5.91 Å². The lowest BCUT2D eigenvalue weighted by Crippen LogP contribution is -2.17. The molecule has 0 aliphatic rings. The van der Waals surface area contributed by atoms with Crippen LogP contribution in [0.1, 0.15) is 10.4 Å². The third-order valence-corrected chi connectivity index (χ3v) is 1.54. The van der Waals surface area contributed by atoms with Crippen molar-refractivity contribution < 1.29 is 22.7 Å². The Kier molecular flexibility index (Phi) is 3.18. The minimum atomic E-state index is -4.72. The first-order chi connectivity index (χ1) is 6.92. The number of rotatable bonds is 2. The molecule has 0 bridgehead atoms. The first-order valence-electron chi connectivity index (χ1n) is 3.92. The van der Waals surface area contributed by atoms with E-state index in [1.165, 1.54) is 19.2 Å². The van der Waals surface area contributed by atoms with Gasteiger partial charge in [0.2, 0.25) is 0 Å². The Labute approximate surface area is 83.8 Å². The number of alkyl halides is 3. The van der Waals surface area contributed by atoms with Crippen molar-refractivity contribution in [2.45, 2.75) is 6.36 Å². The Balaban J connectivity index is 2.77. The smallest absolute Gasteiger partial charge is 0.406 e. The van der Waals surface area contributed by atoms with Crippen LogP contribution in [0.3, 0.4) is 0 Å². The molecule has 0 aromatic heterocycles. The highest BCUT2D eigenvalue weighted by Gasteiger charge is 2.30. The molecule has 1 aromatic carbocycles. The molecule has 1 aromatic rings. The lowest BCUT2D eigenvalue weighted by atomic mass is 10.2. The SMILES string of the molecule is C[N]C(=O)c1ccc(OC(F)(F)F)cc1. The molecule has 15 heavy (non-hydrogen) atoms. The number of benzene rings is 1. The molecular formula is C9H7F3NO2. The summed E-state index contributed by atoms with van der Waals surface area (Å²) in [7, 11) is 1.31. The molecule has 0 aliphatic carbocycles. The number of hydrogen-bond acceptors (Lipinski definition) is 2. The zero-order valence-electron chi connectivity index (χ0n) is 7.71. The van der Waals surface area contributed by atoms with E-state index in [4.69, 9.17) is 0 Å². The molecule has 0 N–H and O–H groups in total. The molecule has 0 saturated heterocycles. The van der Waals surface area contributed by atoms with Crippen LogP contribution in [0.25, 0.3) is 0 Å². The lowest BCUT2D eigenvalue weighted by Gasteiger charge is -2.08. The third-order valence-electron chi connectivity index (χ3n) is 1.54. The number of carbonyl (C=O) groups excluding carboxylic acids is 1. The minimum Gasteiger partial charge on any atom is -0.406 e. The number of nitrogens with zero attached hydrogens (tertiary/aromatic N) is 1. The Morgan fingerprint density at radius 2 is 1.80 bits per heavy atom. The fraction of sp³-hybridized carbons (Fsp3) is 0.222. The Bertz CT molecular complexity index is 345. The van der Waals surface area contributed by atoms with Gasteiger partial charge < -0.3 is 4.74 Å². The first-order valence-corrected chi connectivity index (χ1v) is 3.92. The second kappa shape index (κ2) is 4.20. The summed E-state index contributed by atoms with van der Waals surface area (Å²) >= 11 is 0. The van der Waals surface area contributed by atoms with Crippen molar-refractivity contribution in [2.24, 2.45) is 0 Å². The van der Waals surface area contributed by atoms with Gasteiger partial charge in [-0.05, 0) is 24.3 Å². The van der Waals surface area contributed by atoms with Crippen molar-refractivity contribution in [1.82, 2.24) is 5.32 Å². The number of hydrogen-bond donors (Lipinski definition) is 0. The molecule has 81 valence electrons. The van der Waals surface area contributed by atoms with Crippen molar-refractivity contribution in [1.29, 1.82) is 0 Å². The van der Waals surface area contributed by atoms with E-state index in [0.29, 0.717) is 0 Å². The van der Waals surface area contributed by atoms with E-state index in [0.717, 1.165) is 12.1 Å². The van der Waals surface area contributed by atoms with Crippen molar-refractivity contribution >= 4 is 5.91 Å². The maximum absolute atomic E-state index is 11.8. The summed E-state index contributed by atoms with van der Waals surface area (Å²) in [5.41, 5.74) is 0.215. The van der Waals surface area contributed by atoms with E-state index < -0.39 is 12.3 Å². The maximum atomic E-state index is 11.8. The standard InChI is InChI=1S/C9H7F3NO2/c1-13-8(14)6-2-4-7(5-3-6)15-9(10,11)12/h2-5H,1H3. The van der Waals surface area contributed by atoms with E-state index in [9.17, 15) is 18.0 Å². The molecule has 0 aliphatic heterocycles. The molecule has 0 unspecified atom stereocenters. The Morgan fingerprint density at radius 3 is 2.20 bits per heavy atom. The topological polar surface area (TPSA) is 40.4 Å². The summed E-state index contributed by atoms with van der Waals surface area (Å²) in [6, 6.07) is 4.56. The number of carbonyl (C=O) groups is 1. The van der Waals surface area contributed by atoms with Crippen LogP contribution in [-0.4, -0.2) is 19.3 Å². The summed E-state index contributed by atoms with van der Waals surface area (Å²) in [4.78, 5) is 11.0. The van der Waals surface area contributed by atoms with Crippen LogP contribution in [0, 0.1) is 0 Å². The fourth-order valence-corrected chi connectivity index (χ4v) is 0.928. The van der Waals surface area contributed by atoms with Gasteiger partial charge in [0.05, 0.1) is 0 Å². The van der Waals surface area contributed by atoms with E-state index >= 15 is 0 Å². The summed E-state index contributed by atoms with van der Waals surface area (Å²) in [5.74, 6) is -0.858. The Morgan fingerprint density at radius 1 is 1.27 bits per heavy atom. The maximum Gasteiger partial charge on any atom is 0.573 e. The van der Waals surface area contributed by atoms with Gasteiger partial charge in [-0.3, -0.25) is 10.1 Å². The average Bonchev–Trinajstić information content (AvgIpc) is 2.15. The monoisotopic (exact) mass is 218 g/mol. The molecule has 0 fully saturated rings. The molecule has 0 heterocycles. The van der Waals surface area contributed by atoms with Crippen LogP contribution in [0.4, 0.5) is 13.2 Å². The molecule has 3 nitrogen and oxygen atoms in total. The first kappa shape index (κ1) is 11.4. The largest absolute Gasteiger partial charge is 0.573 e. The molecule has 0 spiro atoms. The van der Waals surface area contributed by atoms with Crippen LogP contribution in [-0.2, 0) is 0 Å². The van der Waals surface area contributed by atoms with Crippen LogP contribution in [0.15, 0.2) is 24.3 Å². The predicted octanol–water partition coefficient (Wildman–Crippen LogP) is 1.96. The summed E-state index contributed by atoms with van der Waals surface area (Å²) in [6.45, 7) is 0. The number of halogens is 3. The molecule has 6 heteroatoms. The van der Waals surface area contributed by atoms with E-state index in [-0.39, 0.29) is 11.3 Å². The summed E-state index contributed by atoms with van der Waals surface area (Å²) < 4.78 is 38.9. The molecule has 1 rings (SSSR count). The average molecular weight is 218 g/mol. The lowest BCUT2D eigenvalue weighted by molar-refractivity contribution is -0.274. The highest BCUT2D eigenvalue weighted by Crippen LogP contribution is 2.22. The summed E-state index contributed by atoms with van der Waals surface area (Å²) in [6.07, 6.45) is -4.72. The molecular weight excluding hydrogens is 211 g/mol. The number of ether oxygens (including phenoxy) is 1. The van der Waals surface area contributed by atoms with Gasteiger partial charge in [0.15, 0.2) is 0 Å². The minimum absolute atomic E-state index is 0.215. The van der Waals surface area contributed by atoms with Gasteiger partial charge >= 0.3 is 6.36 Å². The van der Waals surface area contributed by atoms with E-state index in [1.807, 2.05) is 0 Å². The molecule has 0 saturated carbocycles. The number of amides is 1. The molecule has 0 atom stereocenters. The third kappa shape index (κ3) is 3.49. The van der Waals surface area contributed by atoms with Gasteiger partial charge in [-0.1, -0.05) is 0 Å². The normalized spacial score (nSPS) is 10.9. The van der Waals surface area contributed by atoms with Gasteiger partial charge in [0, 0.05) is 12.6 Å². The highest BCUT2D eigenvalue weighted by molar-refractivity contribution is 5.93. The second-order valence-electron chi connectivity index (χ2n) is 2.60. The highest BCUT2D eigenvalue weighted by atomic mass is 19.4. The van der Waals surface area contributed by atoms with Crippen LogP contribution < -0.4 is 10.1 Å². The quantitative estimate of drug-likeness (QED) is 0.761. The van der Waals surface area contributed by atoms with Crippen molar-refractivity contribution in [3.05, 3.63) is 29.8 Å². The van der Waals surface area contributed by atoms with Crippen molar-refractivity contribution in [3.63, 3.8) is 0 Å². The summed E-state index contributed by atoms with van der Waals surface area (Å²) in [5, 5.41) is 3.36.